The van der Waals surface area contributed by atoms with E-state index < -0.39 is 0 Å². The van der Waals surface area contributed by atoms with Crippen LogP contribution < -0.4 is 5.73 Å². The third-order valence-corrected chi connectivity index (χ3v) is 3.68. The van der Waals surface area contributed by atoms with Crippen molar-refractivity contribution in [2.24, 2.45) is 7.05 Å². The zero-order valence-electron chi connectivity index (χ0n) is 8.89. The Labute approximate surface area is 112 Å². The number of hydrogen-bond donors (Lipinski definition) is 1. The van der Waals surface area contributed by atoms with Crippen molar-refractivity contribution in [2.45, 2.75) is 10.9 Å². The average Bonchev–Trinajstić information content (AvgIpc) is 2.62. The van der Waals surface area contributed by atoms with E-state index in [0.29, 0.717) is 32.7 Å². The minimum atomic E-state index is 0.373. The van der Waals surface area contributed by atoms with Gasteiger partial charge in [-0.2, -0.15) is 0 Å². The van der Waals surface area contributed by atoms with Gasteiger partial charge in [-0.3, -0.25) is 4.57 Å². The molecule has 0 aromatic carbocycles. The van der Waals surface area contributed by atoms with Crippen LogP contribution in [0.5, 0.6) is 0 Å². The number of nitrogens with two attached hydrogens (primary N) is 1. The first-order valence-corrected chi connectivity index (χ1v) is 6.40. The maximum absolute atomic E-state index is 6.01. The predicted octanol–water partition coefficient (Wildman–Crippen LogP) is 2.39. The molecule has 5 nitrogen and oxygen atoms in total. The first-order valence-electron chi connectivity index (χ1n) is 4.66. The topological polar surface area (TPSA) is 69.6 Å². The zero-order chi connectivity index (χ0) is 12.4. The summed E-state index contributed by atoms with van der Waals surface area (Å²) in [6.45, 7) is 0. The minimum absolute atomic E-state index is 0.373. The smallest absolute Gasteiger partial charge is 0.222 e. The second-order valence-electron chi connectivity index (χ2n) is 3.25. The highest BCUT2D eigenvalue weighted by Crippen LogP contribution is 2.25. The van der Waals surface area contributed by atoms with Gasteiger partial charge in [0.05, 0.1) is 10.7 Å². The molecule has 0 fully saturated rings. The van der Waals surface area contributed by atoms with Crippen LogP contribution in [0, 0.1) is 0 Å². The molecular formula is C9H9Cl2N5S. The molecule has 0 spiro atoms. The van der Waals surface area contributed by atoms with Crippen molar-refractivity contribution >= 4 is 40.9 Å². The maximum atomic E-state index is 6.01. The van der Waals surface area contributed by atoms with E-state index in [-0.39, 0.29) is 0 Å². The van der Waals surface area contributed by atoms with Crippen molar-refractivity contribution < 1.29 is 0 Å². The fraction of sp³-hybridized carbons (Fsp3) is 0.222. The van der Waals surface area contributed by atoms with Gasteiger partial charge >= 0.3 is 0 Å². The van der Waals surface area contributed by atoms with Gasteiger partial charge in [-0.25, -0.2) is 4.98 Å². The van der Waals surface area contributed by atoms with Crippen molar-refractivity contribution in [2.75, 3.05) is 5.73 Å². The molecule has 90 valence electrons. The van der Waals surface area contributed by atoms with Crippen LogP contribution in [0.3, 0.4) is 0 Å². The number of rotatable bonds is 3. The van der Waals surface area contributed by atoms with Crippen molar-refractivity contribution in [3.63, 3.8) is 0 Å². The van der Waals surface area contributed by atoms with Gasteiger partial charge in [0, 0.05) is 12.8 Å². The molecule has 0 aliphatic carbocycles. The summed E-state index contributed by atoms with van der Waals surface area (Å²) in [7, 11) is 1.80. The van der Waals surface area contributed by atoms with Crippen LogP contribution in [-0.4, -0.2) is 19.7 Å². The van der Waals surface area contributed by atoms with Gasteiger partial charge in [-0.15, -0.1) is 10.2 Å². The SMILES string of the molecule is Cn1c(N)nnc1SCc1nc(Cl)ccc1Cl. The molecule has 2 N–H and O–H groups in total. The normalized spacial score (nSPS) is 10.8. The Bertz CT molecular complexity index is 542. The Morgan fingerprint density at radius 3 is 2.76 bits per heavy atom. The van der Waals surface area contributed by atoms with Crippen molar-refractivity contribution in [3.05, 3.63) is 28.0 Å². The third-order valence-electron chi connectivity index (χ3n) is 2.09. The van der Waals surface area contributed by atoms with Gasteiger partial charge in [0.1, 0.15) is 5.15 Å². The molecule has 2 rings (SSSR count). The fourth-order valence-corrected chi connectivity index (χ4v) is 2.43. The average molecular weight is 290 g/mol. The molecule has 17 heavy (non-hydrogen) atoms. The lowest BCUT2D eigenvalue weighted by Crippen LogP contribution is -1.98. The van der Waals surface area contributed by atoms with Crippen LogP contribution in [0.4, 0.5) is 5.95 Å². The van der Waals surface area contributed by atoms with Gasteiger partial charge in [-0.05, 0) is 12.1 Å². The standard InChI is InChI=1S/C9H9Cl2N5S/c1-16-8(12)14-15-9(16)17-4-6-5(10)2-3-7(11)13-6/h2-3H,4H2,1H3,(H2,12,14). The summed E-state index contributed by atoms with van der Waals surface area (Å²) < 4.78 is 1.70. The van der Waals surface area contributed by atoms with Gasteiger partial charge < -0.3 is 5.73 Å². The number of halogens is 2. The quantitative estimate of drug-likeness (QED) is 0.694. The molecule has 8 heteroatoms. The van der Waals surface area contributed by atoms with Crippen LogP contribution >= 0.6 is 35.0 Å². The zero-order valence-corrected chi connectivity index (χ0v) is 11.2. The van der Waals surface area contributed by atoms with Crippen molar-refractivity contribution in [3.8, 4) is 0 Å². The molecule has 0 saturated heterocycles. The molecular weight excluding hydrogens is 281 g/mol. The summed E-state index contributed by atoms with van der Waals surface area (Å²) in [5.41, 5.74) is 6.29. The Kier molecular flexibility index (Phi) is 3.76. The molecule has 0 saturated carbocycles. The third kappa shape index (κ3) is 2.83. The summed E-state index contributed by atoms with van der Waals surface area (Å²) in [6.07, 6.45) is 0. The molecule has 0 unspecified atom stereocenters. The van der Waals surface area contributed by atoms with Crippen LogP contribution in [-0.2, 0) is 12.8 Å². The lowest BCUT2D eigenvalue weighted by Gasteiger charge is -2.03. The molecule has 0 amide bonds. The van der Waals surface area contributed by atoms with E-state index in [1.165, 1.54) is 11.8 Å². The van der Waals surface area contributed by atoms with E-state index in [9.17, 15) is 0 Å². The van der Waals surface area contributed by atoms with Crippen LogP contribution in [0.1, 0.15) is 5.69 Å². The van der Waals surface area contributed by atoms with Crippen LogP contribution in [0.15, 0.2) is 17.3 Å². The minimum Gasteiger partial charge on any atom is -0.368 e. The predicted molar refractivity (Wildman–Crippen MR) is 69.2 cm³/mol. The highest BCUT2D eigenvalue weighted by atomic mass is 35.5. The van der Waals surface area contributed by atoms with E-state index >= 15 is 0 Å². The summed E-state index contributed by atoms with van der Waals surface area (Å²) in [5.74, 6) is 0.934. The Balaban J connectivity index is 2.12. The summed E-state index contributed by atoms with van der Waals surface area (Å²) in [5, 5.41) is 9.40. The lowest BCUT2D eigenvalue weighted by molar-refractivity contribution is 0.795. The van der Waals surface area contributed by atoms with Gasteiger partial charge in [0.2, 0.25) is 5.95 Å². The van der Waals surface area contributed by atoms with Crippen molar-refractivity contribution in [1.29, 1.82) is 0 Å². The number of hydrogen-bond acceptors (Lipinski definition) is 5. The van der Waals surface area contributed by atoms with Crippen LogP contribution in [0.25, 0.3) is 0 Å². The van der Waals surface area contributed by atoms with Gasteiger partial charge in [0.15, 0.2) is 5.16 Å². The molecule has 0 radical (unpaired) electrons. The number of pyridine rings is 1. The number of nitrogen functional groups attached to an aromatic ring is 1. The molecule has 2 aromatic rings. The Morgan fingerprint density at radius 1 is 1.35 bits per heavy atom. The van der Waals surface area contributed by atoms with Gasteiger partial charge in [-0.1, -0.05) is 35.0 Å². The maximum Gasteiger partial charge on any atom is 0.222 e. The van der Waals surface area contributed by atoms with E-state index in [2.05, 4.69) is 15.2 Å². The molecule has 0 aliphatic rings. The van der Waals surface area contributed by atoms with E-state index in [4.69, 9.17) is 28.9 Å². The molecule has 2 aromatic heterocycles. The number of anilines is 1. The van der Waals surface area contributed by atoms with Crippen molar-refractivity contribution in [1.82, 2.24) is 19.7 Å². The summed E-state index contributed by atoms with van der Waals surface area (Å²) in [4.78, 5) is 4.15. The van der Waals surface area contributed by atoms with Gasteiger partial charge in [0.25, 0.3) is 0 Å². The monoisotopic (exact) mass is 289 g/mol. The Morgan fingerprint density at radius 2 is 2.12 bits per heavy atom. The lowest BCUT2D eigenvalue weighted by atomic mass is 10.4. The van der Waals surface area contributed by atoms with Crippen LogP contribution in [0.2, 0.25) is 10.2 Å². The second kappa shape index (κ2) is 5.12. The number of nitrogens with zero attached hydrogens (tertiary/aromatic N) is 4. The highest BCUT2D eigenvalue weighted by Gasteiger charge is 2.09. The first kappa shape index (κ1) is 12.5. The van der Waals surface area contributed by atoms with E-state index in [1.807, 2.05) is 0 Å². The molecule has 2 heterocycles. The Hall–Kier alpha value is -0.980. The summed E-state index contributed by atoms with van der Waals surface area (Å²) in [6, 6.07) is 3.37. The molecule has 0 atom stereocenters. The van der Waals surface area contributed by atoms with E-state index in [1.54, 1.807) is 23.7 Å². The largest absolute Gasteiger partial charge is 0.368 e. The first-order chi connectivity index (χ1) is 8.08. The number of thioether (sulfide) groups is 1. The molecule has 0 aliphatic heterocycles. The van der Waals surface area contributed by atoms with E-state index in [0.717, 1.165) is 0 Å². The number of aromatic nitrogens is 4. The fourth-order valence-electron chi connectivity index (χ4n) is 1.14. The highest BCUT2D eigenvalue weighted by molar-refractivity contribution is 7.98. The second-order valence-corrected chi connectivity index (χ2v) is 4.99. The summed E-state index contributed by atoms with van der Waals surface area (Å²) >= 11 is 13.3. The molecule has 0 bridgehead atoms.